The number of nitrogens with one attached hydrogen (secondary N) is 2. The smallest absolute Gasteiger partial charge is 0.241 e. The summed E-state index contributed by atoms with van der Waals surface area (Å²) in [4.78, 5) is 26.4. The molecule has 0 fully saturated rings. The van der Waals surface area contributed by atoms with E-state index in [0.717, 1.165) is 38.5 Å². The number of hydrogen-bond donors (Lipinski definition) is 2. The quantitative estimate of drug-likeness (QED) is 0.323. The van der Waals surface area contributed by atoms with Gasteiger partial charge in [-0.25, -0.2) is 0 Å². The number of benzene rings is 3. The number of amides is 2. The minimum atomic E-state index is -0.953. The van der Waals surface area contributed by atoms with Gasteiger partial charge in [0.05, 0.1) is 0 Å². The van der Waals surface area contributed by atoms with E-state index < -0.39 is 5.92 Å². The second kappa shape index (κ2) is 12.6. The normalized spacial score (nSPS) is 10.8. The van der Waals surface area contributed by atoms with Gasteiger partial charge in [-0.15, -0.1) is 0 Å². The third-order valence-corrected chi connectivity index (χ3v) is 5.74. The monoisotopic (exact) mass is 442 g/mol. The molecule has 0 aromatic heterocycles. The lowest BCUT2D eigenvalue weighted by molar-refractivity contribution is -0.125. The molecule has 3 aromatic rings. The van der Waals surface area contributed by atoms with Gasteiger partial charge in [-0.3, -0.25) is 9.59 Å². The van der Waals surface area contributed by atoms with Gasteiger partial charge in [0.2, 0.25) is 11.8 Å². The molecule has 2 N–H and O–H groups in total. The average molecular weight is 443 g/mol. The van der Waals surface area contributed by atoms with E-state index in [1.807, 2.05) is 78.9 Å². The zero-order valence-electron chi connectivity index (χ0n) is 19.6. The van der Waals surface area contributed by atoms with Crippen molar-refractivity contribution in [3.8, 4) is 0 Å². The average Bonchev–Trinajstić information content (AvgIpc) is 2.84. The van der Waals surface area contributed by atoms with E-state index in [0.29, 0.717) is 16.9 Å². The van der Waals surface area contributed by atoms with Crippen LogP contribution in [0.25, 0.3) is 0 Å². The van der Waals surface area contributed by atoms with Crippen LogP contribution >= 0.6 is 0 Å². The van der Waals surface area contributed by atoms with Gasteiger partial charge >= 0.3 is 0 Å². The minimum absolute atomic E-state index is 0.348. The van der Waals surface area contributed by atoms with Gasteiger partial charge in [0.15, 0.2) is 0 Å². The van der Waals surface area contributed by atoms with Gasteiger partial charge < -0.3 is 10.6 Å². The van der Waals surface area contributed by atoms with E-state index >= 15 is 0 Å². The van der Waals surface area contributed by atoms with Crippen LogP contribution in [0, 0.1) is 0 Å². The van der Waals surface area contributed by atoms with E-state index in [1.54, 1.807) is 0 Å². The molecule has 4 heteroatoms. The molecule has 0 radical (unpaired) electrons. The van der Waals surface area contributed by atoms with Crippen LogP contribution in [0.4, 0.5) is 11.4 Å². The van der Waals surface area contributed by atoms with E-state index in [2.05, 4.69) is 24.5 Å². The molecule has 0 bridgehead atoms. The summed E-state index contributed by atoms with van der Waals surface area (Å²) >= 11 is 0. The zero-order valence-corrected chi connectivity index (χ0v) is 19.6. The standard InChI is InChI=1S/C29H34N2O2/c1-3-5-10-22-14-18-25(19-15-22)30-28(32)27(24-12-8-7-9-13-24)29(33)31-26-20-16-23(17-21-26)11-6-4-2/h7-9,12-21,27H,3-6,10-11H2,1-2H3,(H,30,32)(H,31,33). The van der Waals surface area contributed by atoms with Crippen LogP contribution in [0.2, 0.25) is 0 Å². The Morgan fingerprint density at radius 1 is 0.636 bits per heavy atom. The first kappa shape index (κ1) is 24.2. The lowest BCUT2D eigenvalue weighted by Gasteiger charge is -2.18. The van der Waals surface area contributed by atoms with Gasteiger partial charge in [0.25, 0.3) is 0 Å². The first-order valence-corrected chi connectivity index (χ1v) is 11.9. The summed E-state index contributed by atoms with van der Waals surface area (Å²) in [5.74, 6) is -1.65. The Labute approximate surface area is 197 Å². The van der Waals surface area contributed by atoms with Crippen LogP contribution in [-0.4, -0.2) is 11.8 Å². The number of carbonyl (C=O) groups excluding carboxylic acids is 2. The minimum Gasteiger partial charge on any atom is -0.325 e. The van der Waals surface area contributed by atoms with Crippen molar-refractivity contribution < 1.29 is 9.59 Å². The Kier molecular flexibility index (Phi) is 9.25. The fourth-order valence-electron chi connectivity index (χ4n) is 3.77. The van der Waals surface area contributed by atoms with E-state index in [-0.39, 0.29) is 11.8 Å². The Morgan fingerprint density at radius 2 is 1.06 bits per heavy atom. The molecule has 172 valence electrons. The van der Waals surface area contributed by atoms with Crippen LogP contribution in [-0.2, 0) is 22.4 Å². The largest absolute Gasteiger partial charge is 0.325 e. The highest BCUT2D eigenvalue weighted by molar-refractivity contribution is 6.15. The van der Waals surface area contributed by atoms with Crippen molar-refractivity contribution in [3.05, 3.63) is 95.6 Å². The van der Waals surface area contributed by atoms with E-state index in [1.165, 1.54) is 11.1 Å². The molecule has 4 nitrogen and oxygen atoms in total. The Balaban J connectivity index is 1.73. The van der Waals surface area contributed by atoms with Crippen LogP contribution < -0.4 is 10.6 Å². The molecule has 0 saturated heterocycles. The molecule has 0 atom stereocenters. The van der Waals surface area contributed by atoms with Crippen LogP contribution in [0.5, 0.6) is 0 Å². The molecular weight excluding hydrogens is 408 g/mol. The summed E-state index contributed by atoms with van der Waals surface area (Å²) in [5, 5.41) is 5.85. The van der Waals surface area contributed by atoms with Gasteiger partial charge in [-0.2, -0.15) is 0 Å². The SMILES string of the molecule is CCCCc1ccc(NC(=O)C(C(=O)Nc2ccc(CCCC)cc2)c2ccccc2)cc1. The fraction of sp³-hybridized carbons (Fsp3) is 0.310. The van der Waals surface area contributed by atoms with Crippen molar-refractivity contribution in [2.45, 2.75) is 58.3 Å². The molecule has 0 unspecified atom stereocenters. The summed E-state index contributed by atoms with van der Waals surface area (Å²) in [6.07, 6.45) is 6.62. The second-order valence-corrected chi connectivity index (χ2v) is 8.42. The molecule has 0 aliphatic heterocycles. The molecule has 0 aliphatic rings. The fourth-order valence-corrected chi connectivity index (χ4v) is 3.77. The zero-order chi connectivity index (χ0) is 23.5. The predicted molar refractivity (Wildman–Crippen MR) is 137 cm³/mol. The topological polar surface area (TPSA) is 58.2 Å². The molecular formula is C29H34N2O2. The van der Waals surface area contributed by atoms with Gasteiger partial charge in [0, 0.05) is 11.4 Å². The molecule has 0 heterocycles. The molecule has 3 rings (SSSR count). The van der Waals surface area contributed by atoms with Gasteiger partial charge in [0.1, 0.15) is 5.92 Å². The maximum absolute atomic E-state index is 13.2. The molecule has 0 spiro atoms. The third kappa shape index (κ3) is 7.31. The molecule has 0 saturated carbocycles. The first-order chi connectivity index (χ1) is 16.1. The summed E-state index contributed by atoms with van der Waals surface area (Å²) in [6, 6.07) is 24.9. The number of hydrogen-bond acceptors (Lipinski definition) is 2. The summed E-state index contributed by atoms with van der Waals surface area (Å²) < 4.78 is 0. The Bertz CT molecular complexity index is 946. The van der Waals surface area contributed by atoms with Gasteiger partial charge in [-0.1, -0.05) is 81.3 Å². The van der Waals surface area contributed by atoms with Gasteiger partial charge in [-0.05, 0) is 66.6 Å². The lowest BCUT2D eigenvalue weighted by Crippen LogP contribution is -2.32. The predicted octanol–water partition coefficient (Wildman–Crippen LogP) is 6.73. The van der Waals surface area contributed by atoms with Crippen LogP contribution in [0.1, 0.15) is 62.1 Å². The highest BCUT2D eigenvalue weighted by Crippen LogP contribution is 2.22. The molecule has 2 amide bonds. The molecule has 0 aliphatic carbocycles. The lowest BCUT2D eigenvalue weighted by atomic mass is 9.96. The number of unbranched alkanes of at least 4 members (excludes halogenated alkanes) is 2. The van der Waals surface area contributed by atoms with Crippen molar-refractivity contribution in [1.29, 1.82) is 0 Å². The summed E-state index contributed by atoms with van der Waals surface area (Å²) in [6.45, 7) is 4.34. The number of anilines is 2. The van der Waals surface area contributed by atoms with E-state index in [4.69, 9.17) is 0 Å². The third-order valence-electron chi connectivity index (χ3n) is 5.74. The maximum Gasteiger partial charge on any atom is 0.241 e. The Morgan fingerprint density at radius 3 is 1.45 bits per heavy atom. The van der Waals surface area contributed by atoms with Crippen molar-refractivity contribution in [1.82, 2.24) is 0 Å². The summed E-state index contributed by atoms with van der Waals surface area (Å²) in [7, 11) is 0. The van der Waals surface area contributed by atoms with Crippen molar-refractivity contribution in [2.24, 2.45) is 0 Å². The summed E-state index contributed by atoms with van der Waals surface area (Å²) in [5.41, 5.74) is 4.53. The first-order valence-electron chi connectivity index (χ1n) is 11.9. The number of carbonyl (C=O) groups is 2. The molecule has 3 aromatic carbocycles. The molecule has 33 heavy (non-hydrogen) atoms. The van der Waals surface area contributed by atoms with Crippen molar-refractivity contribution in [3.63, 3.8) is 0 Å². The Hall–Kier alpha value is -3.40. The number of aryl methyl sites for hydroxylation is 2. The second-order valence-electron chi connectivity index (χ2n) is 8.42. The van der Waals surface area contributed by atoms with E-state index in [9.17, 15) is 9.59 Å². The van der Waals surface area contributed by atoms with Crippen LogP contribution in [0.3, 0.4) is 0 Å². The van der Waals surface area contributed by atoms with Crippen molar-refractivity contribution >= 4 is 23.2 Å². The highest BCUT2D eigenvalue weighted by Gasteiger charge is 2.28. The highest BCUT2D eigenvalue weighted by atomic mass is 16.2. The number of rotatable bonds is 11. The maximum atomic E-state index is 13.2. The van der Waals surface area contributed by atoms with Crippen molar-refractivity contribution in [2.75, 3.05) is 10.6 Å². The van der Waals surface area contributed by atoms with Crippen LogP contribution in [0.15, 0.2) is 78.9 Å².